The lowest BCUT2D eigenvalue weighted by molar-refractivity contribution is 0.598. The van der Waals surface area contributed by atoms with Gasteiger partial charge in [0.1, 0.15) is 11.6 Å². The number of nitrogens with one attached hydrogen (secondary N) is 1. The van der Waals surface area contributed by atoms with Gasteiger partial charge in [-0.05, 0) is 37.3 Å². The fraction of sp³-hybridized carbons (Fsp3) is 0.0769. The van der Waals surface area contributed by atoms with Crippen LogP contribution in [0, 0.1) is 18.6 Å². The summed E-state index contributed by atoms with van der Waals surface area (Å²) >= 11 is 0. The van der Waals surface area contributed by atoms with Crippen molar-refractivity contribution in [1.82, 2.24) is 9.97 Å². The van der Waals surface area contributed by atoms with Crippen molar-refractivity contribution in [2.75, 3.05) is 0 Å². The van der Waals surface area contributed by atoms with E-state index in [0.717, 1.165) is 18.2 Å². The number of benzene rings is 1. The summed E-state index contributed by atoms with van der Waals surface area (Å²) in [5, 5.41) is 0. The molecule has 18 heavy (non-hydrogen) atoms. The first-order valence-corrected chi connectivity index (χ1v) is 5.25. The molecule has 0 bridgehead atoms. The van der Waals surface area contributed by atoms with Crippen molar-refractivity contribution in [3.05, 3.63) is 63.3 Å². The Morgan fingerprint density at radius 3 is 2.83 bits per heavy atom. The number of halogens is 2. The predicted molar refractivity (Wildman–Crippen MR) is 64.9 cm³/mol. The van der Waals surface area contributed by atoms with Crippen LogP contribution in [0.1, 0.15) is 16.8 Å². The van der Waals surface area contributed by atoms with Gasteiger partial charge in [-0.3, -0.25) is 4.79 Å². The Hall–Kier alpha value is -2.30. The Bertz CT molecular complexity index is 662. The average Bonchev–Trinajstić information content (AvgIpc) is 2.35. The Labute approximate surface area is 102 Å². The summed E-state index contributed by atoms with van der Waals surface area (Å²) in [7, 11) is 0. The van der Waals surface area contributed by atoms with E-state index >= 15 is 0 Å². The summed E-state index contributed by atoms with van der Waals surface area (Å²) in [5.74, 6) is -1.05. The van der Waals surface area contributed by atoms with Crippen LogP contribution >= 0.6 is 0 Å². The van der Waals surface area contributed by atoms with Gasteiger partial charge in [-0.25, -0.2) is 13.8 Å². The van der Waals surface area contributed by atoms with Crippen LogP contribution in [0.2, 0.25) is 0 Å². The van der Waals surface area contributed by atoms with Crippen LogP contribution in [-0.2, 0) is 0 Å². The molecule has 3 nitrogen and oxygen atoms in total. The molecule has 1 N–H and O–H groups in total. The number of rotatable bonds is 2. The molecule has 2 aromatic rings. The van der Waals surface area contributed by atoms with E-state index in [1.165, 1.54) is 18.5 Å². The molecule has 0 saturated heterocycles. The molecule has 1 heterocycles. The number of aromatic nitrogens is 2. The summed E-state index contributed by atoms with van der Waals surface area (Å²) in [6.07, 6.45) is 4.12. The fourth-order valence-electron chi connectivity index (χ4n) is 1.46. The van der Waals surface area contributed by atoms with Crippen LogP contribution in [0.5, 0.6) is 0 Å². The van der Waals surface area contributed by atoms with Gasteiger partial charge in [0, 0.05) is 11.1 Å². The van der Waals surface area contributed by atoms with Crippen molar-refractivity contribution in [3.63, 3.8) is 0 Å². The van der Waals surface area contributed by atoms with Gasteiger partial charge >= 0.3 is 0 Å². The number of hydrogen-bond acceptors (Lipinski definition) is 2. The first-order chi connectivity index (χ1) is 8.58. The molecule has 0 aliphatic carbocycles. The lowest BCUT2D eigenvalue weighted by atomic mass is 10.1. The summed E-state index contributed by atoms with van der Waals surface area (Å²) in [5.41, 5.74) is 0.689. The maximum atomic E-state index is 13.3. The minimum atomic E-state index is -0.532. The van der Waals surface area contributed by atoms with E-state index in [4.69, 9.17) is 0 Å². The highest BCUT2D eigenvalue weighted by atomic mass is 19.1. The number of H-pyrrole nitrogens is 1. The largest absolute Gasteiger partial charge is 0.313 e. The molecule has 0 atom stereocenters. The van der Waals surface area contributed by atoms with E-state index < -0.39 is 11.6 Å². The molecule has 0 amide bonds. The molecule has 0 aliphatic heterocycles. The van der Waals surface area contributed by atoms with Crippen LogP contribution in [0.25, 0.3) is 12.2 Å². The molecular weight excluding hydrogens is 238 g/mol. The third kappa shape index (κ3) is 2.51. The Morgan fingerprint density at radius 1 is 1.28 bits per heavy atom. The summed E-state index contributed by atoms with van der Waals surface area (Å²) < 4.78 is 26.3. The molecule has 0 unspecified atom stereocenters. The van der Waals surface area contributed by atoms with Crippen LogP contribution in [0.3, 0.4) is 0 Å². The summed E-state index contributed by atoms with van der Waals surface area (Å²) in [4.78, 5) is 17.7. The van der Waals surface area contributed by atoms with E-state index in [-0.39, 0.29) is 11.1 Å². The molecule has 5 heteroatoms. The monoisotopic (exact) mass is 248 g/mol. The third-order valence-corrected chi connectivity index (χ3v) is 2.50. The second-order valence-corrected chi connectivity index (χ2v) is 3.74. The van der Waals surface area contributed by atoms with Crippen LogP contribution in [0.4, 0.5) is 8.78 Å². The minimum absolute atomic E-state index is 0.108. The van der Waals surface area contributed by atoms with Gasteiger partial charge < -0.3 is 4.98 Å². The molecule has 0 fully saturated rings. The zero-order chi connectivity index (χ0) is 13.1. The van der Waals surface area contributed by atoms with Crippen LogP contribution < -0.4 is 5.56 Å². The van der Waals surface area contributed by atoms with Gasteiger partial charge in [0.2, 0.25) is 0 Å². The van der Waals surface area contributed by atoms with E-state index in [9.17, 15) is 13.6 Å². The van der Waals surface area contributed by atoms with Gasteiger partial charge in [0.25, 0.3) is 5.56 Å². The van der Waals surface area contributed by atoms with Gasteiger partial charge in [0.15, 0.2) is 0 Å². The Kier molecular flexibility index (Phi) is 3.32. The Morgan fingerprint density at radius 2 is 2.06 bits per heavy atom. The van der Waals surface area contributed by atoms with E-state index in [1.54, 1.807) is 6.92 Å². The van der Waals surface area contributed by atoms with E-state index in [2.05, 4.69) is 9.97 Å². The fourth-order valence-corrected chi connectivity index (χ4v) is 1.46. The third-order valence-electron chi connectivity index (χ3n) is 2.50. The van der Waals surface area contributed by atoms with Crippen molar-refractivity contribution >= 4 is 12.2 Å². The number of hydrogen-bond donors (Lipinski definition) is 1. The van der Waals surface area contributed by atoms with Crippen LogP contribution in [0.15, 0.2) is 29.3 Å². The summed E-state index contributed by atoms with van der Waals surface area (Å²) in [6.45, 7) is 1.60. The highest BCUT2D eigenvalue weighted by Crippen LogP contribution is 2.13. The Balaban J connectivity index is 2.39. The maximum Gasteiger partial charge on any atom is 0.254 e. The molecule has 1 aromatic carbocycles. The first kappa shape index (κ1) is 12.2. The SMILES string of the molecule is Cc1c(C=Cc2cc(F)ccc2F)nc[nH]c1=O. The minimum Gasteiger partial charge on any atom is -0.313 e. The molecule has 2 rings (SSSR count). The predicted octanol–water partition coefficient (Wildman–Crippen LogP) is 2.53. The lowest BCUT2D eigenvalue weighted by Gasteiger charge is -1.99. The number of nitrogens with zero attached hydrogens (tertiary/aromatic N) is 1. The number of aromatic amines is 1. The van der Waals surface area contributed by atoms with Crippen molar-refractivity contribution in [3.8, 4) is 0 Å². The molecule has 0 spiro atoms. The zero-order valence-corrected chi connectivity index (χ0v) is 9.58. The maximum absolute atomic E-state index is 13.3. The topological polar surface area (TPSA) is 45.8 Å². The normalized spacial score (nSPS) is 11.1. The lowest BCUT2D eigenvalue weighted by Crippen LogP contribution is -2.11. The smallest absolute Gasteiger partial charge is 0.254 e. The quantitative estimate of drug-likeness (QED) is 0.887. The molecular formula is C13H10F2N2O. The summed E-state index contributed by atoms with van der Waals surface area (Å²) in [6, 6.07) is 3.17. The van der Waals surface area contributed by atoms with E-state index in [0.29, 0.717) is 11.3 Å². The van der Waals surface area contributed by atoms with Crippen molar-refractivity contribution in [2.24, 2.45) is 0 Å². The second kappa shape index (κ2) is 4.91. The van der Waals surface area contributed by atoms with Gasteiger partial charge in [-0.2, -0.15) is 0 Å². The zero-order valence-electron chi connectivity index (χ0n) is 9.58. The first-order valence-electron chi connectivity index (χ1n) is 5.25. The van der Waals surface area contributed by atoms with Crippen molar-refractivity contribution in [1.29, 1.82) is 0 Å². The molecule has 0 saturated carbocycles. The van der Waals surface area contributed by atoms with Crippen molar-refractivity contribution in [2.45, 2.75) is 6.92 Å². The molecule has 0 aliphatic rings. The standard InChI is InChI=1S/C13H10F2N2O/c1-8-12(16-7-17-13(8)18)5-2-9-6-10(14)3-4-11(9)15/h2-7H,1H3,(H,16,17,18). The highest BCUT2D eigenvalue weighted by Gasteiger charge is 2.02. The average molecular weight is 248 g/mol. The molecule has 92 valence electrons. The van der Waals surface area contributed by atoms with Crippen molar-refractivity contribution < 1.29 is 8.78 Å². The molecule has 1 aromatic heterocycles. The highest BCUT2D eigenvalue weighted by molar-refractivity contribution is 5.69. The molecule has 0 radical (unpaired) electrons. The van der Waals surface area contributed by atoms with Gasteiger partial charge in [0.05, 0.1) is 12.0 Å². The van der Waals surface area contributed by atoms with Gasteiger partial charge in [-0.15, -0.1) is 0 Å². The second-order valence-electron chi connectivity index (χ2n) is 3.74. The van der Waals surface area contributed by atoms with E-state index in [1.807, 2.05) is 0 Å². The van der Waals surface area contributed by atoms with Crippen LogP contribution in [-0.4, -0.2) is 9.97 Å². The van der Waals surface area contributed by atoms with Gasteiger partial charge in [-0.1, -0.05) is 0 Å².